The van der Waals surface area contributed by atoms with Gasteiger partial charge in [0.15, 0.2) is 0 Å². The molecule has 0 amide bonds. The minimum Gasteiger partial charge on any atom is -0.397 e. The molecule has 0 bridgehead atoms. The van der Waals surface area contributed by atoms with Gasteiger partial charge in [0.1, 0.15) is 0 Å². The van der Waals surface area contributed by atoms with Gasteiger partial charge in [-0.25, -0.2) is 0 Å². The van der Waals surface area contributed by atoms with E-state index in [0.717, 1.165) is 24.2 Å². The summed E-state index contributed by atoms with van der Waals surface area (Å²) in [5, 5.41) is 0. The number of anilines is 2. The normalized spacial score (nSPS) is 14.4. The Morgan fingerprint density at radius 1 is 0.833 bits per heavy atom. The Labute approximate surface area is 112 Å². The first-order chi connectivity index (χ1) is 8.52. The van der Waals surface area contributed by atoms with Crippen molar-refractivity contribution in [1.82, 2.24) is 0 Å². The standard InChI is InChI=1S/C16H28N2/c1-5-7-11(3)13-9-10-14(12(4)8-6-2)16(18)15(13)17/h9-12H,5-8,17-18H2,1-4H3. The highest BCUT2D eigenvalue weighted by molar-refractivity contribution is 5.72. The van der Waals surface area contributed by atoms with E-state index in [4.69, 9.17) is 11.5 Å². The maximum Gasteiger partial charge on any atom is 0.0586 e. The van der Waals surface area contributed by atoms with E-state index in [1.54, 1.807) is 0 Å². The first-order valence-electron chi connectivity index (χ1n) is 7.20. The van der Waals surface area contributed by atoms with Crippen LogP contribution in [0.15, 0.2) is 12.1 Å². The molecule has 4 N–H and O–H groups in total. The molecule has 0 aliphatic rings. The van der Waals surface area contributed by atoms with Crippen LogP contribution in [0.5, 0.6) is 0 Å². The third kappa shape index (κ3) is 3.18. The fourth-order valence-corrected chi connectivity index (χ4v) is 2.71. The van der Waals surface area contributed by atoms with Gasteiger partial charge in [0, 0.05) is 0 Å². The lowest BCUT2D eigenvalue weighted by Gasteiger charge is -2.20. The van der Waals surface area contributed by atoms with E-state index >= 15 is 0 Å². The SMILES string of the molecule is CCCC(C)c1ccc(C(C)CCC)c(N)c1N. The summed E-state index contributed by atoms with van der Waals surface area (Å²) < 4.78 is 0. The van der Waals surface area contributed by atoms with Crippen molar-refractivity contribution >= 4 is 11.4 Å². The van der Waals surface area contributed by atoms with Gasteiger partial charge in [0.25, 0.3) is 0 Å². The van der Waals surface area contributed by atoms with Crippen LogP contribution in [0, 0.1) is 0 Å². The monoisotopic (exact) mass is 248 g/mol. The van der Waals surface area contributed by atoms with Gasteiger partial charge in [-0.05, 0) is 35.8 Å². The average molecular weight is 248 g/mol. The Morgan fingerprint density at radius 2 is 1.17 bits per heavy atom. The Hall–Kier alpha value is -1.18. The minimum atomic E-state index is 0.493. The van der Waals surface area contributed by atoms with E-state index in [-0.39, 0.29) is 0 Å². The van der Waals surface area contributed by atoms with Crippen molar-refractivity contribution < 1.29 is 0 Å². The van der Waals surface area contributed by atoms with Gasteiger partial charge in [-0.2, -0.15) is 0 Å². The number of rotatable bonds is 6. The van der Waals surface area contributed by atoms with Crippen molar-refractivity contribution in [3.05, 3.63) is 23.3 Å². The third-order valence-electron chi connectivity index (χ3n) is 3.86. The second-order valence-electron chi connectivity index (χ2n) is 5.45. The summed E-state index contributed by atoms with van der Waals surface area (Å²) in [6.45, 7) is 8.86. The molecule has 102 valence electrons. The molecule has 2 nitrogen and oxygen atoms in total. The van der Waals surface area contributed by atoms with Gasteiger partial charge in [-0.1, -0.05) is 52.7 Å². The summed E-state index contributed by atoms with van der Waals surface area (Å²) in [6.07, 6.45) is 4.67. The number of benzene rings is 1. The maximum atomic E-state index is 6.22. The van der Waals surface area contributed by atoms with Crippen LogP contribution in [-0.4, -0.2) is 0 Å². The molecule has 2 atom stereocenters. The van der Waals surface area contributed by atoms with Crippen molar-refractivity contribution in [3.63, 3.8) is 0 Å². The van der Waals surface area contributed by atoms with Crippen LogP contribution >= 0.6 is 0 Å². The zero-order valence-electron chi connectivity index (χ0n) is 12.3. The van der Waals surface area contributed by atoms with Crippen LogP contribution in [0.1, 0.15) is 76.3 Å². The van der Waals surface area contributed by atoms with Crippen molar-refractivity contribution in [2.75, 3.05) is 11.5 Å². The van der Waals surface area contributed by atoms with Crippen LogP contribution in [0.4, 0.5) is 11.4 Å². The second-order valence-corrected chi connectivity index (χ2v) is 5.45. The van der Waals surface area contributed by atoms with Gasteiger partial charge < -0.3 is 11.5 Å². The van der Waals surface area contributed by atoms with Gasteiger partial charge >= 0.3 is 0 Å². The topological polar surface area (TPSA) is 52.0 Å². The van der Waals surface area contributed by atoms with Crippen molar-refractivity contribution in [3.8, 4) is 0 Å². The lowest BCUT2D eigenvalue weighted by molar-refractivity contribution is 0.658. The molecule has 2 heteroatoms. The number of hydrogen-bond donors (Lipinski definition) is 2. The number of nitrogen functional groups attached to an aromatic ring is 2. The molecule has 1 aromatic rings. The first kappa shape index (κ1) is 14.9. The molecule has 2 unspecified atom stereocenters. The highest BCUT2D eigenvalue weighted by Crippen LogP contribution is 2.36. The predicted octanol–water partition coefficient (Wildman–Crippen LogP) is 4.66. The van der Waals surface area contributed by atoms with Gasteiger partial charge in [0.05, 0.1) is 11.4 Å². The fourth-order valence-electron chi connectivity index (χ4n) is 2.71. The van der Waals surface area contributed by atoms with E-state index in [1.165, 1.54) is 24.0 Å². The Kier molecular flexibility index (Phi) is 5.52. The summed E-state index contributed by atoms with van der Waals surface area (Å²) in [4.78, 5) is 0. The van der Waals surface area contributed by atoms with Gasteiger partial charge in [-0.3, -0.25) is 0 Å². The molecule has 0 aromatic heterocycles. The van der Waals surface area contributed by atoms with E-state index < -0.39 is 0 Å². The van der Waals surface area contributed by atoms with E-state index in [9.17, 15) is 0 Å². The van der Waals surface area contributed by atoms with Gasteiger partial charge in [-0.15, -0.1) is 0 Å². The minimum absolute atomic E-state index is 0.493. The van der Waals surface area contributed by atoms with Crippen molar-refractivity contribution in [1.29, 1.82) is 0 Å². The zero-order chi connectivity index (χ0) is 13.7. The lowest BCUT2D eigenvalue weighted by atomic mass is 9.88. The van der Waals surface area contributed by atoms with E-state index in [1.807, 2.05) is 0 Å². The van der Waals surface area contributed by atoms with E-state index in [0.29, 0.717) is 11.8 Å². The molecule has 0 heterocycles. The molecule has 1 rings (SSSR count). The fraction of sp³-hybridized carbons (Fsp3) is 0.625. The molecular formula is C16H28N2. The molecule has 0 fully saturated rings. The average Bonchev–Trinajstić information content (AvgIpc) is 2.33. The van der Waals surface area contributed by atoms with Crippen LogP contribution in [0.2, 0.25) is 0 Å². The molecule has 0 aliphatic carbocycles. The van der Waals surface area contributed by atoms with E-state index in [2.05, 4.69) is 39.8 Å². The van der Waals surface area contributed by atoms with Crippen molar-refractivity contribution in [2.45, 2.75) is 65.2 Å². The first-order valence-corrected chi connectivity index (χ1v) is 7.20. The predicted molar refractivity (Wildman–Crippen MR) is 81.9 cm³/mol. The Balaban J connectivity index is 3.04. The highest BCUT2D eigenvalue weighted by atomic mass is 14.7. The van der Waals surface area contributed by atoms with Gasteiger partial charge in [0.2, 0.25) is 0 Å². The molecule has 18 heavy (non-hydrogen) atoms. The molecule has 0 saturated heterocycles. The lowest BCUT2D eigenvalue weighted by Crippen LogP contribution is -2.08. The van der Waals surface area contributed by atoms with Crippen LogP contribution < -0.4 is 11.5 Å². The number of nitrogens with two attached hydrogens (primary N) is 2. The van der Waals surface area contributed by atoms with Crippen LogP contribution in [0.25, 0.3) is 0 Å². The summed E-state index contributed by atoms with van der Waals surface area (Å²) in [7, 11) is 0. The zero-order valence-corrected chi connectivity index (χ0v) is 12.3. The molecule has 0 radical (unpaired) electrons. The molecule has 0 spiro atoms. The molecule has 0 aliphatic heterocycles. The molecule has 1 aromatic carbocycles. The number of hydrogen-bond acceptors (Lipinski definition) is 2. The second kappa shape index (κ2) is 6.67. The maximum absolute atomic E-state index is 6.22. The van der Waals surface area contributed by atoms with Crippen molar-refractivity contribution in [2.24, 2.45) is 0 Å². The molecular weight excluding hydrogens is 220 g/mol. The largest absolute Gasteiger partial charge is 0.397 e. The quantitative estimate of drug-likeness (QED) is 0.719. The van der Waals surface area contributed by atoms with Crippen LogP contribution in [0.3, 0.4) is 0 Å². The highest BCUT2D eigenvalue weighted by Gasteiger charge is 2.15. The summed E-state index contributed by atoms with van der Waals surface area (Å²) in [5.41, 5.74) is 16.5. The summed E-state index contributed by atoms with van der Waals surface area (Å²) in [5.74, 6) is 0.987. The van der Waals surface area contributed by atoms with Crippen LogP contribution in [-0.2, 0) is 0 Å². The smallest absolute Gasteiger partial charge is 0.0586 e. The third-order valence-corrected chi connectivity index (χ3v) is 3.86. The summed E-state index contributed by atoms with van der Waals surface area (Å²) >= 11 is 0. The Morgan fingerprint density at radius 3 is 1.44 bits per heavy atom. The molecule has 0 saturated carbocycles. The summed E-state index contributed by atoms with van der Waals surface area (Å²) in [6, 6.07) is 4.35. The Bertz CT molecular complexity index is 348.